The minimum atomic E-state index is -2.93. The van der Waals surface area contributed by atoms with Crippen LogP contribution in [0.5, 0.6) is 0 Å². The van der Waals surface area contributed by atoms with E-state index in [0.717, 1.165) is 28.1 Å². The second-order valence-electron chi connectivity index (χ2n) is 10.0. The van der Waals surface area contributed by atoms with Gasteiger partial charge in [0.15, 0.2) is 9.84 Å². The van der Waals surface area contributed by atoms with Gasteiger partial charge in [0.2, 0.25) is 5.91 Å². The number of amides is 1. The molecule has 186 valence electrons. The van der Waals surface area contributed by atoms with Crippen LogP contribution in [-0.2, 0) is 20.0 Å². The van der Waals surface area contributed by atoms with Gasteiger partial charge in [0.1, 0.15) is 17.6 Å². The number of nitrogens with one attached hydrogen (secondary N) is 1. The Morgan fingerprint density at radius 3 is 2.20 bits per heavy atom. The summed E-state index contributed by atoms with van der Waals surface area (Å²) in [6.07, 6.45) is 0. The number of aryl methyl sites for hydroxylation is 3. The molecule has 0 aliphatic carbocycles. The van der Waals surface area contributed by atoms with E-state index in [1.165, 1.54) is 5.56 Å². The second kappa shape index (κ2) is 9.53. The summed E-state index contributed by atoms with van der Waals surface area (Å²) in [5.74, 6) is 1.75. The summed E-state index contributed by atoms with van der Waals surface area (Å²) in [4.78, 5) is 15.7. The third-order valence-electron chi connectivity index (χ3n) is 6.92. The number of rotatable bonds is 6. The first-order valence-corrected chi connectivity index (χ1v) is 13.8. The number of hydrogen-bond donors (Lipinski definition) is 1. The van der Waals surface area contributed by atoms with Crippen molar-refractivity contribution in [1.82, 2.24) is 5.32 Å². The predicted molar refractivity (Wildman–Crippen MR) is 140 cm³/mol. The topological polar surface area (TPSA) is 79.6 Å². The van der Waals surface area contributed by atoms with Gasteiger partial charge >= 0.3 is 0 Å². The zero-order valence-electron chi connectivity index (χ0n) is 21.1. The Balaban J connectivity index is 1.56. The highest BCUT2D eigenvalue weighted by Gasteiger charge is 2.33. The molecular formula is C28H34N2O4S. The fourth-order valence-electron chi connectivity index (χ4n) is 4.56. The first-order valence-electron chi connectivity index (χ1n) is 12.0. The molecule has 2 heterocycles. The normalized spacial score (nSPS) is 16.7. The first kappa shape index (κ1) is 25.0. The van der Waals surface area contributed by atoms with E-state index in [4.69, 9.17) is 4.42 Å². The number of anilines is 1. The molecule has 0 radical (unpaired) electrons. The SMILES string of the molecule is Cc1ccc(C(NC(=O)C(C)(C)c2ccc(N3CCS(=O)(=O)CC3)cc2)c2ccc(C)o2)c(C)c1. The van der Waals surface area contributed by atoms with Gasteiger partial charge in [0.25, 0.3) is 0 Å². The maximum atomic E-state index is 13.6. The molecule has 1 N–H and O–H groups in total. The first-order chi connectivity index (χ1) is 16.5. The Labute approximate surface area is 208 Å². The summed E-state index contributed by atoms with van der Waals surface area (Å²) in [5.41, 5.74) is 4.33. The summed E-state index contributed by atoms with van der Waals surface area (Å²) >= 11 is 0. The van der Waals surface area contributed by atoms with E-state index in [1.54, 1.807) is 0 Å². The van der Waals surface area contributed by atoms with E-state index in [1.807, 2.05) is 76.2 Å². The van der Waals surface area contributed by atoms with Gasteiger partial charge in [-0.1, -0.05) is 35.9 Å². The highest BCUT2D eigenvalue weighted by atomic mass is 32.2. The Hall–Kier alpha value is -3.06. The molecule has 1 fully saturated rings. The highest BCUT2D eigenvalue weighted by molar-refractivity contribution is 7.91. The monoisotopic (exact) mass is 494 g/mol. The van der Waals surface area contributed by atoms with Crippen LogP contribution in [0, 0.1) is 20.8 Å². The van der Waals surface area contributed by atoms with Crippen molar-refractivity contribution in [3.05, 3.63) is 88.4 Å². The summed E-state index contributed by atoms with van der Waals surface area (Å²) in [5, 5.41) is 3.24. The van der Waals surface area contributed by atoms with E-state index >= 15 is 0 Å². The molecule has 1 amide bonds. The van der Waals surface area contributed by atoms with Crippen LogP contribution in [0.15, 0.2) is 59.0 Å². The lowest BCUT2D eigenvalue weighted by atomic mass is 9.83. The standard InChI is InChI=1S/C28H34N2O4S/c1-19-6-12-24(20(2)18-19)26(25-13-7-21(3)34-25)29-27(31)28(4,5)22-8-10-23(11-9-22)30-14-16-35(32,33)17-15-30/h6-13,18,26H,14-17H2,1-5H3,(H,29,31). The largest absolute Gasteiger partial charge is 0.464 e. The van der Waals surface area contributed by atoms with Crippen LogP contribution in [0.1, 0.15) is 53.7 Å². The smallest absolute Gasteiger partial charge is 0.230 e. The minimum absolute atomic E-state index is 0.103. The molecule has 1 unspecified atom stereocenters. The molecule has 1 aromatic heterocycles. The van der Waals surface area contributed by atoms with Crippen molar-refractivity contribution in [2.75, 3.05) is 29.5 Å². The van der Waals surface area contributed by atoms with Crippen molar-refractivity contribution in [2.45, 2.75) is 46.1 Å². The Morgan fingerprint density at radius 1 is 0.971 bits per heavy atom. The molecule has 1 atom stereocenters. The second-order valence-corrected chi connectivity index (χ2v) is 12.3. The Bertz CT molecular complexity index is 1310. The average Bonchev–Trinajstić information content (AvgIpc) is 3.24. The van der Waals surface area contributed by atoms with Gasteiger partial charge in [-0.15, -0.1) is 0 Å². The lowest BCUT2D eigenvalue weighted by molar-refractivity contribution is -0.126. The molecular weight excluding hydrogens is 460 g/mol. The van der Waals surface area contributed by atoms with Crippen molar-refractivity contribution >= 4 is 21.4 Å². The fraction of sp³-hybridized carbons (Fsp3) is 0.393. The van der Waals surface area contributed by atoms with Crippen molar-refractivity contribution in [2.24, 2.45) is 0 Å². The number of carbonyl (C=O) groups excluding carboxylic acids is 1. The number of benzene rings is 2. The molecule has 1 saturated heterocycles. The van der Waals surface area contributed by atoms with Gasteiger partial charge in [-0.2, -0.15) is 0 Å². The molecule has 6 nitrogen and oxygen atoms in total. The summed E-state index contributed by atoms with van der Waals surface area (Å²) in [6.45, 7) is 10.8. The molecule has 1 aliphatic rings. The van der Waals surface area contributed by atoms with E-state index in [9.17, 15) is 13.2 Å². The van der Waals surface area contributed by atoms with Crippen molar-refractivity contribution in [3.8, 4) is 0 Å². The molecule has 0 spiro atoms. The summed E-state index contributed by atoms with van der Waals surface area (Å²) < 4.78 is 29.4. The molecule has 2 aromatic carbocycles. The predicted octanol–water partition coefficient (Wildman–Crippen LogP) is 4.62. The number of hydrogen-bond acceptors (Lipinski definition) is 5. The van der Waals surface area contributed by atoms with Crippen molar-refractivity contribution in [3.63, 3.8) is 0 Å². The quantitative estimate of drug-likeness (QED) is 0.541. The average molecular weight is 495 g/mol. The number of sulfone groups is 1. The number of carbonyl (C=O) groups is 1. The van der Waals surface area contributed by atoms with Gasteiger partial charge in [-0.25, -0.2) is 8.42 Å². The minimum Gasteiger partial charge on any atom is -0.464 e. The van der Waals surface area contributed by atoms with E-state index in [2.05, 4.69) is 23.2 Å². The molecule has 3 aromatic rings. The van der Waals surface area contributed by atoms with Crippen LogP contribution in [-0.4, -0.2) is 38.9 Å². The van der Waals surface area contributed by atoms with Crippen LogP contribution in [0.4, 0.5) is 5.69 Å². The molecule has 35 heavy (non-hydrogen) atoms. The van der Waals surface area contributed by atoms with Gasteiger partial charge in [-0.3, -0.25) is 4.79 Å². The van der Waals surface area contributed by atoms with Crippen LogP contribution in [0.25, 0.3) is 0 Å². The van der Waals surface area contributed by atoms with Gasteiger partial charge in [0.05, 0.1) is 16.9 Å². The van der Waals surface area contributed by atoms with Crippen LogP contribution >= 0.6 is 0 Å². The Kier molecular flexibility index (Phi) is 6.82. The third kappa shape index (κ3) is 5.45. The number of nitrogens with zero attached hydrogens (tertiary/aromatic N) is 1. The third-order valence-corrected chi connectivity index (χ3v) is 8.53. The molecule has 1 aliphatic heterocycles. The maximum Gasteiger partial charge on any atom is 0.230 e. The van der Waals surface area contributed by atoms with Crippen LogP contribution in [0.2, 0.25) is 0 Å². The summed E-state index contributed by atoms with van der Waals surface area (Å²) in [7, 11) is -2.93. The van der Waals surface area contributed by atoms with E-state index < -0.39 is 21.3 Å². The van der Waals surface area contributed by atoms with E-state index in [0.29, 0.717) is 18.8 Å². The van der Waals surface area contributed by atoms with Crippen LogP contribution in [0.3, 0.4) is 0 Å². The van der Waals surface area contributed by atoms with Crippen molar-refractivity contribution < 1.29 is 17.6 Å². The lowest BCUT2D eigenvalue weighted by Gasteiger charge is -2.31. The fourth-order valence-corrected chi connectivity index (χ4v) is 5.76. The summed E-state index contributed by atoms with van der Waals surface area (Å²) in [6, 6.07) is 17.5. The van der Waals surface area contributed by atoms with Gasteiger partial charge < -0.3 is 14.6 Å². The molecule has 0 bridgehead atoms. The maximum absolute atomic E-state index is 13.6. The van der Waals surface area contributed by atoms with Gasteiger partial charge in [-0.05, 0) is 75.6 Å². The van der Waals surface area contributed by atoms with Crippen molar-refractivity contribution in [1.29, 1.82) is 0 Å². The molecule has 7 heteroatoms. The van der Waals surface area contributed by atoms with Gasteiger partial charge in [0, 0.05) is 18.8 Å². The zero-order chi connectivity index (χ0) is 25.4. The molecule has 0 saturated carbocycles. The zero-order valence-corrected chi connectivity index (χ0v) is 21.9. The molecule has 4 rings (SSSR count). The number of furan rings is 1. The van der Waals surface area contributed by atoms with Crippen LogP contribution < -0.4 is 10.2 Å². The highest BCUT2D eigenvalue weighted by Crippen LogP contribution is 2.31. The Morgan fingerprint density at radius 2 is 1.63 bits per heavy atom. The van der Waals surface area contributed by atoms with E-state index in [-0.39, 0.29) is 17.4 Å². The lowest BCUT2D eigenvalue weighted by Crippen LogP contribution is -2.42.